The fraction of sp³-hybridized carbons (Fsp3) is 0.316. The van der Waals surface area contributed by atoms with E-state index in [2.05, 4.69) is 42.7 Å². The number of hydrogen-bond donors (Lipinski definition) is 7. The number of rotatable bonds is 10. The van der Waals surface area contributed by atoms with Crippen LogP contribution in [0.1, 0.15) is 28.9 Å². The number of nitrogens with zero attached hydrogens (tertiary/aromatic N) is 4. The Morgan fingerprint density at radius 2 is 1.69 bits per heavy atom. The number of guanidine groups is 2. The Kier molecular flexibility index (Phi) is 9.29. The first-order valence-electron chi connectivity index (χ1n) is 9.84. The Morgan fingerprint density at radius 3 is 2.38 bits per heavy atom. The highest BCUT2D eigenvalue weighted by Gasteiger charge is 2.16. The van der Waals surface area contributed by atoms with Gasteiger partial charge < -0.3 is 34.0 Å². The van der Waals surface area contributed by atoms with Crippen molar-refractivity contribution in [2.24, 2.45) is 27.2 Å². The molecule has 0 bridgehead atoms. The summed E-state index contributed by atoms with van der Waals surface area (Å²) < 4.78 is 0. The zero-order chi connectivity index (χ0) is 23.5. The van der Waals surface area contributed by atoms with Gasteiger partial charge >= 0.3 is 0 Å². The number of anilines is 3. The van der Waals surface area contributed by atoms with Crippen molar-refractivity contribution >= 4 is 46.8 Å². The molecule has 0 unspecified atom stereocenters. The van der Waals surface area contributed by atoms with E-state index in [1.54, 1.807) is 0 Å². The number of carbonyl (C=O) groups excluding carboxylic acids is 1. The Labute approximate surface area is 190 Å². The maximum Gasteiger partial charge on any atom is 0.280 e. The van der Waals surface area contributed by atoms with E-state index in [0.29, 0.717) is 19.6 Å². The van der Waals surface area contributed by atoms with Crippen LogP contribution in [-0.4, -0.2) is 47.4 Å². The molecule has 1 aromatic heterocycles. The van der Waals surface area contributed by atoms with E-state index in [-0.39, 0.29) is 34.4 Å². The highest BCUT2D eigenvalue weighted by atomic mass is 35.5. The second-order valence-electron chi connectivity index (χ2n) is 6.74. The lowest BCUT2D eigenvalue weighted by Crippen LogP contribution is -2.38. The number of benzene rings is 1. The van der Waals surface area contributed by atoms with Crippen molar-refractivity contribution in [3.8, 4) is 0 Å². The maximum atomic E-state index is 12.2. The van der Waals surface area contributed by atoms with Crippen LogP contribution in [0.5, 0.6) is 0 Å². The van der Waals surface area contributed by atoms with Gasteiger partial charge in [0, 0.05) is 18.8 Å². The Hall–Kier alpha value is -3.80. The van der Waals surface area contributed by atoms with Crippen molar-refractivity contribution in [2.75, 3.05) is 36.4 Å². The van der Waals surface area contributed by atoms with Gasteiger partial charge in [-0.1, -0.05) is 23.7 Å². The van der Waals surface area contributed by atoms with Crippen molar-refractivity contribution in [1.29, 1.82) is 0 Å². The highest BCUT2D eigenvalue weighted by molar-refractivity contribution is 6.31. The van der Waals surface area contributed by atoms with Gasteiger partial charge in [0.1, 0.15) is 0 Å². The Bertz CT molecular complexity index is 972. The summed E-state index contributed by atoms with van der Waals surface area (Å²) in [7, 11) is 0. The average molecular weight is 462 g/mol. The first-order chi connectivity index (χ1) is 15.3. The molecule has 0 spiro atoms. The predicted octanol–water partition coefficient (Wildman–Crippen LogP) is 0.0471. The molecule has 0 aliphatic heterocycles. The zero-order valence-corrected chi connectivity index (χ0v) is 18.3. The maximum absolute atomic E-state index is 12.2. The summed E-state index contributed by atoms with van der Waals surface area (Å²) in [6.45, 7) is 1.63. The number of nitrogen functional groups attached to an aromatic ring is 2. The lowest BCUT2D eigenvalue weighted by atomic mass is 10.1. The van der Waals surface area contributed by atoms with Gasteiger partial charge in [-0.05, 0) is 37.0 Å². The van der Waals surface area contributed by atoms with Crippen LogP contribution in [0.25, 0.3) is 0 Å². The van der Waals surface area contributed by atoms with Crippen LogP contribution in [0.2, 0.25) is 5.15 Å². The molecule has 12 N–H and O–H groups in total. The first-order valence-corrected chi connectivity index (χ1v) is 10.2. The van der Waals surface area contributed by atoms with Gasteiger partial charge in [-0.2, -0.15) is 0 Å². The molecule has 1 aromatic carbocycles. The van der Waals surface area contributed by atoms with Crippen LogP contribution in [0.15, 0.2) is 34.3 Å². The van der Waals surface area contributed by atoms with E-state index >= 15 is 0 Å². The molecule has 172 valence electrons. The number of nitrogens with one attached hydrogen (secondary N) is 2. The van der Waals surface area contributed by atoms with Crippen LogP contribution in [-0.2, 0) is 6.42 Å². The van der Waals surface area contributed by atoms with Gasteiger partial charge in [-0.3, -0.25) is 20.1 Å². The number of aryl methyl sites for hydroxylation is 1. The number of amides is 1. The molecule has 2 rings (SSSR count). The number of aromatic nitrogens is 2. The molecule has 0 saturated carbocycles. The lowest BCUT2D eigenvalue weighted by molar-refractivity contribution is 0.0972. The normalized spacial score (nSPS) is 11.1. The summed E-state index contributed by atoms with van der Waals surface area (Å²) in [4.78, 5) is 27.8. The summed E-state index contributed by atoms with van der Waals surface area (Å²) >= 11 is 5.77. The minimum atomic E-state index is -0.662. The lowest BCUT2D eigenvalue weighted by Gasteiger charge is -2.07. The van der Waals surface area contributed by atoms with Gasteiger partial charge in [0.25, 0.3) is 5.91 Å². The molecule has 0 aliphatic rings. The number of nitrogens with two attached hydrogens (primary N) is 5. The monoisotopic (exact) mass is 461 g/mol. The van der Waals surface area contributed by atoms with Gasteiger partial charge in [-0.25, -0.2) is 9.97 Å². The third-order valence-corrected chi connectivity index (χ3v) is 4.48. The summed E-state index contributed by atoms with van der Waals surface area (Å²) in [5.74, 6) is -0.824. The second kappa shape index (κ2) is 12.2. The highest BCUT2D eigenvalue weighted by Crippen LogP contribution is 2.17. The van der Waals surface area contributed by atoms with Crippen LogP contribution >= 0.6 is 11.6 Å². The smallest absolute Gasteiger partial charge is 0.280 e. The third-order valence-electron chi connectivity index (χ3n) is 4.21. The molecule has 0 radical (unpaired) electrons. The molecule has 12 nitrogen and oxygen atoms in total. The van der Waals surface area contributed by atoms with Crippen molar-refractivity contribution in [1.82, 2.24) is 15.3 Å². The summed E-state index contributed by atoms with van der Waals surface area (Å²) in [6, 6.07) is 8.14. The van der Waals surface area contributed by atoms with Gasteiger partial charge in [0.15, 0.2) is 34.4 Å². The molecule has 2 aromatic rings. The number of carbonyl (C=O) groups is 1. The molecule has 0 atom stereocenters. The second-order valence-corrected chi connectivity index (χ2v) is 7.10. The number of hydrogen-bond acceptors (Lipinski definition) is 8. The predicted molar refractivity (Wildman–Crippen MR) is 128 cm³/mol. The van der Waals surface area contributed by atoms with Crippen LogP contribution in [0, 0.1) is 0 Å². The van der Waals surface area contributed by atoms with Crippen molar-refractivity contribution < 1.29 is 4.79 Å². The fourth-order valence-electron chi connectivity index (χ4n) is 2.64. The van der Waals surface area contributed by atoms with E-state index in [4.69, 9.17) is 40.3 Å². The van der Waals surface area contributed by atoms with E-state index in [1.807, 2.05) is 12.1 Å². The molecule has 1 amide bonds. The minimum Gasteiger partial charge on any atom is -0.383 e. The first kappa shape index (κ1) is 24.5. The molecule has 0 aliphatic carbocycles. The van der Waals surface area contributed by atoms with E-state index < -0.39 is 5.91 Å². The fourth-order valence-corrected chi connectivity index (χ4v) is 2.77. The Balaban J connectivity index is 1.71. The largest absolute Gasteiger partial charge is 0.383 e. The van der Waals surface area contributed by atoms with Crippen LogP contribution in [0.3, 0.4) is 0 Å². The molecule has 0 saturated heterocycles. The molecule has 13 heteroatoms. The quantitative estimate of drug-likeness (QED) is 0.144. The van der Waals surface area contributed by atoms with Crippen LogP contribution < -0.4 is 39.3 Å². The van der Waals surface area contributed by atoms with E-state index in [0.717, 1.165) is 24.9 Å². The van der Waals surface area contributed by atoms with Crippen molar-refractivity contribution in [3.05, 3.63) is 40.7 Å². The topological polar surface area (TPSA) is 222 Å². The number of unbranched alkanes of at least 4 members (excludes halogenated alkanes) is 1. The van der Waals surface area contributed by atoms with Gasteiger partial charge in [0.05, 0.1) is 6.54 Å². The number of halogens is 1. The molecule has 1 heterocycles. The van der Waals surface area contributed by atoms with E-state index in [9.17, 15) is 4.79 Å². The zero-order valence-electron chi connectivity index (χ0n) is 17.5. The summed E-state index contributed by atoms with van der Waals surface area (Å²) in [6.07, 6.45) is 2.60. The Morgan fingerprint density at radius 1 is 0.969 bits per heavy atom. The van der Waals surface area contributed by atoms with Gasteiger partial charge in [-0.15, -0.1) is 0 Å². The number of aliphatic imine (C=N–C) groups is 2. The summed E-state index contributed by atoms with van der Waals surface area (Å²) in [5, 5.41) is 5.53. The molecular formula is C19H28ClN11O. The SMILES string of the molecule is NC(N)=NCCNc1ccc(CCCCN=C(N)NC(=O)c2nc(Cl)c(N)nc2N)cc1. The molecular weight excluding hydrogens is 434 g/mol. The summed E-state index contributed by atoms with van der Waals surface area (Å²) in [5.41, 5.74) is 29.5. The van der Waals surface area contributed by atoms with Crippen molar-refractivity contribution in [3.63, 3.8) is 0 Å². The van der Waals surface area contributed by atoms with Gasteiger partial charge in [0.2, 0.25) is 0 Å². The third kappa shape index (κ3) is 8.14. The van der Waals surface area contributed by atoms with Crippen LogP contribution in [0.4, 0.5) is 17.3 Å². The standard InChI is InChI=1S/C19H28ClN11O/c20-14-16(22)30-15(21)13(29-14)17(32)31-19(25)28-8-2-1-3-11-4-6-12(7-5-11)26-9-10-27-18(23)24/h4-7,26H,1-3,8-10H2,(H4,21,22,30)(H4,23,24,27)(H3,25,28,31,32). The minimum absolute atomic E-state index is 0.0414. The molecule has 0 fully saturated rings. The van der Waals surface area contributed by atoms with Crippen molar-refractivity contribution in [2.45, 2.75) is 19.3 Å². The average Bonchev–Trinajstić information content (AvgIpc) is 2.74. The van der Waals surface area contributed by atoms with E-state index in [1.165, 1.54) is 5.56 Å². The molecule has 32 heavy (non-hydrogen) atoms.